The van der Waals surface area contributed by atoms with Crippen molar-refractivity contribution in [3.63, 3.8) is 0 Å². The molecule has 67 heavy (non-hydrogen) atoms. The van der Waals surface area contributed by atoms with E-state index in [1.807, 2.05) is 30.3 Å². The fourth-order valence-corrected chi connectivity index (χ4v) is 6.33. The van der Waals surface area contributed by atoms with Crippen LogP contribution in [0.15, 0.2) is 78.9 Å². The Labute approximate surface area is 383 Å². The molecule has 1 aromatic heterocycles. The summed E-state index contributed by atoms with van der Waals surface area (Å²) in [6, 6.07) is 18.0. The number of nitrogens with one attached hydrogen (secondary N) is 7. The number of aromatic nitrogens is 4. The lowest BCUT2D eigenvalue weighted by atomic mass is 10.0. The van der Waals surface area contributed by atoms with Gasteiger partial charge in [-0.15, -0.1) is 20.4 Å². The molecule has 1 aliphatic heterocycles. The normalized spacial score (nSPS) is 17.0. The second-order valence-electron chi connectivity index (χ2n) is 15.0. The number of carboxylic acids is 1. The van der Waals surface area contributed by atoms with E-state index in [4.69, 9.17) is 9.47 Å². The van der Waals surface area contributed by atoms with Crippen LogP contribution >= 0.6 is 0 Å². The first-order valence-corrected chi connectivity index (χ1v) is 21.2. The van der Waals surface area contributed by atoms with Gasteiger partial charge in [-0.25, -0.2) is 4.79 Å². The Morgan fingerprint density at radius 2 is 1.27 bits per heavy atom. The number of ether oxygens (including phenoxy) is 2. The molecule has 0 unspecified atom stereocenters. The highest BCUT2D eigenvalue weighted by Gasteiger charge is 2.31. The van der Waals surface area contributed by atoms with Crippen LogP contribution in [0.25, 0.3) is 22.8 Å². The van der Waals surface area contributed by atoms with Crippen LogP contribution in [0, 0.1) is 0 Å². The molecule has 0 spiro atoms. The first kappa shape index (κ1) is 49.9. The van der Waals surface area contributed by atoms with Crippen LogP contribution in [0.3, 0.4) is 0 Å². The van der Waals surface area contributed by atoms with Gasteiger partial charge in [0.15, 0.2) is 0 Å². The van der Waals surface area contributed by atoms with Gasteiger partial charge >= 0.3 is 12.1 Å². The topological polar surface area (TPSA) is 331 Å². The third kappa shape index (κ3) is 17.4. The van der Waals surface area contributed by atoms with Gasteiger partial charge in [-0.1, -0.05) is 66.7 Å². The number of hydrogen-bond acceptors (Lipinski definition) is 15. The van der Waals surface area contributed by atoms with Gasteiger partial charge < -0.3 is 56.9 Å². The van der Waals surface area contributed by atoms with Crippen LogP contribution in [0.5, 0.6) is 5.75 Å². The summed E-state index contributed by atoms with van der Waals surface area (Å²) in [7, 11) is 0. The molecule has 2 heterocycles. The number of phenolic OH excluding ortho intramolecular Hbond substituents is 1. The van der Waals surface area contributed by atoms with E-state index in [0.29, 0.717) is 35.6 Å². The molecule has 7 amide bonds. The first-order valence-electron chi connectivity index (χ1n) is 21.2. The summed E-state index contributed by atoms with van der Waals surface area (Å²) in [5, 5.41) is 53.0. The largest absolute Gasteiger partial charge is 0.508 e. The molecule has 1 fully saturated rings. The fourth-order valence-electron chi connectivity index (χ4n) is 6.33. The maximum Gasteiger partial charge on any atom is 0.407 e. The van der Waals surface area contributed by atoms with Crippen LogP contribution < -0.4 is 37.2 Å². The lowest BCUT2D eigenvalue weighted by Gasteiger charge is -2.25. The van der Waals surface area contributed by atoms with Gasteiger partial charge in [-0.05, 0) is 42.5 Å². The van der Waals surface area contributed by atoms with Gasteiger partial charge in [-0.2, -0.15) is 0 Å². The van der Waals surface area contributed by atoms with Crippen molar-refractivity contribution in [2.24, 2.45) is 0 Å². The van der Waals surface area contributed by atoms with Gasteiger partial charge in [0.2, 0.25) is 47.1 Å². The van der Waals surface area contributed by atoms with Crippen molar-refractivity contribution in [3.05, 3.63) is 90.0 Å². The summed E-state index contributed by atoms with van der Waals surface area (Å²) >= 11 is 0. The number of unbranched alkanes of at least 4 members (excludes halogenated alkanes) is 1. The highest BCUT2D eigenvalue weighted by atomic mass is 16.5. The number of nitrogens with zero attached hydrogens (tertiary/aromatic N) is 4. The first-order chi connectivity index (χ1) is 32.3. The average molecular weight is 926 g/mol. The van der Waals surface area contributed by atoms with E-state index in [1.54, 1.807) is 24.3 Å². The molecule has 5 rings (SSSR count). The number of carbonyl (C=O) groups excluding carboxylic acids is 7. The SMILES string of the molecule is O=C(O)C[C@@H]1NC(=O)CNC(=O)CNC(=O)[C@H](CCCCNC(=O)CCOCCNC(=O)OCc2ccc(-c3nnc(-c4ccccc4)nn3)cc2)NC(=O)[C@@H](Cc2ccc(O)cc2)NC1=O. The second-order valence-corrected chi connectivity index (χ2v) is 15.0. The van der Waals surface area contributed by atoms with Crippen LogP contribution in [-0.2, 0) is 56.1 Å². The molecule has 0 saturated carbocycles. The molecule has 23 heteroatoms. The molecule has 354 valence electrons. The monoisotopic (exact) mass is 925 g/mol. The third-order valence-electron chi connectivity index (χ3n) is 9.87. The predicted octanol–water partition coefficient (Wildman–Crippen LogP) is -0.357. The molecule has 4 aromatic rings. The Bertz CT molecular complexity index is 2320. The molecule has 9 N–H and O–H groups in total. The van der Waals surface area contributed by atoms with E-state index in [2.05, 4.69) is 57.6 Å². The van der Waals surface area contributed by atoms with Gasteiger partial charge in [0.1, 0.15) is 30.5 Å². The van der Waals surface area contributed by atoms with Crippen molar-refractivity contribution in [1.29, 1.82) is 0 Å². The van der Waals surface area contributed by atoms with Crippen molar-refractivity contribution in [3.8, 4) is 28.5 Å². The second kappa shape index (κ2) is 26.0. The number of aromatic hydroxyl groups is 1. The number of carboxylic acid groups (broad SMARTS) is 1. The molecular formula is C44H51N11O12. The van der Waals surface area contributed by atoms with E-state index in [9.17, 15) is 48.6 Å². The number of aliphatic carboxylic acids is 1. The molecule has 1 saturated heterocycles. The van der Waals surface area contributed by atoms with Crippen molar-refractivity contribution >= 4 is 47.5 Å². The molecule has 0 aliphatic carbocycles. The lowest BCUT2D eigenvalue weighted by Crippen LogP contribution is -2.57. The van der Waals surface area contributed by atoms with E-state index in [-0.39, 0.29) is 63.8 Å². The quantitative estimate of drug-likeness (QED) is 0.0543. The summed E-state index contributed by atoms with van der Waals surface area (Å²) < 4.78 is 10.7. The third-order valence-corrected chi connectivity index (χ3v) is 9.87. The standard InChI is InChI=1S/C44H51N11O12/c56-31-15-11-27(12-16-31)22-33-42(63)50-32(41(62)48-24-36(58)47-25-37(59)49-34(23-38(60)61)43(64)51-33)8-4-5-18-45-35(57)17-20-66-21-19-46-44(65)67-26-28-9-13-30(14-10-28)40-54-52-39(53-55-40)29-6-2-1-3-7-29/h1-3,6-7,9-16,32-34,56H,4-5,8,17-26H2,(H,45,57)(H,46,65)(H,47,58)(H,48,62)(H,49,59)(H,50,63)(H,51,64)(H,60,61)/t32-,33+,34-/m0/s1. The molecule has 23 nitrogen and oxygen atoms in total. The van der Waals surface area contributed by atoms with Crippen LogP contribution in [0.4, 0.5) is 4.79 Å². The Hall–Kier alpha value is -8.08. The van der Waals surface area contributed by atoms with Crippen LogP contribution in [0.2, 0.25) is 0 Å². The minimum absolute atomic E-state index is 0.0148. The van der Waals surface area contributed by atoms with Gasteiger partial charge in [0, 0.05) is 37.1 Å². The number of hydrogen-bond donors (Lipinski definition) is 9. The highest BCUT2D eigenvalue weighted by Crippen LogP contribution is 2.18. The average Bonchev–Trinajstić information content (AvgIpc) is 3.32. The predicted molar refractivity (Wildman–Crippen MR) is 235 cm³/mol. The van der Waals surface area contributed by atoms with E-state index in [0.717, 1.165) is 11.1 Å². The summed E-state index contributed by atoms with van der Waals surface area (Å²) in [6.07, 6.45) is -0.846. The summed E-state index contributed by atoms with van der Waals surface area (Å²) in [6.45, 7) is -0.617. The van der Waals surface area contributed by atoms with Crippen LogP contribution in [-0.4, -0.2) is 136 Å². The molecule has 1 aliphatic rings. The summed E-state index contributed by atoms with van der Waals surface area (Å²) in [4.78, 5) is 101. The number of rotatable bonds is 19. The van der Waals surface area contributed by atoms with E-state index in [1.165, 1.54) is 24.3 Å². The fraction of sp³-hybridized carbons (Fsp3) is 0.364. The zero-order valence-corrected chi connectivity index (χ0v) is 36.2. The number of carbonyl (C=O) groups is 8. The van der Waals surface area contributed by atoms with Crippen molar-refractivity contribution in [2.45, 2.75) is 63.3 Å². The summed E-state index contributed by atoms with van der Waals surface area (Å²) in [5.41, 5.74) is 2.72. The number of benzene rings is 3. The molecule has 3 atom stereocenters. The number of alkyl carbamates (subject to hydrolysis) is 1. The zero-order chi connectivity index (χ0) is 48.0. The lowest BCUT2D eigenvalue weighted by molar-refractivity contribution is -0.141. The van der Waals surface area contributed by atoms with Crippen molar-refractivity contribution < 1.29 is 58.0 Å². The van der Waals surface area contributed by atoms with Gasteiger partial charge in [0.25, 0.3) is 0 Å². The minimum Gasteiger partial charge on any atom is -0.508 e. The van der Waals surface area contributed by atoms with Gasteiger partial charge in [-0.3, -0.25) is 33.6 Å². The zero-order valence-electron chi connectivity index (χ0n) is 36.2. The highest BCUT2D eigenvalue weighted by molar-refractivity contribution is 5.97. The Balaban J connectivity index is 1.00. The molecule has 0 radical (unpaired) electrons. The number of amides is 7. The molecule has 0 bridgehead atoms. The van der Waals surface area contributed by atoms with Gasteiger partial charge in [0.05, 0.1) is 32.7 Å². The Morgan fingerprint density at radius 3 is 1.96 bits per heavy atom. The van der Waals surface area contributed by atoms with Crippen molar-refractivity contribution in [2.75, 3.05) is 39.4 Å². The Morgan fingerprint density at radius 1 is 0.642 bits per heavy atom. The van der Waals surface area contributed by atoms with E-state index >= 15 is 0 Å². The van der Waals surface area contributed by atoms with Crippen LogP contribution in [0.1, 0.15) is 43.2 Å². The number of phenols is 1. The smallest absolute Gasteiger partial charge is 0.407 e. The van der Waals surface area contributed by atoms with Crippen molar-refractivity contribution in [1.82, 2.24) is 57.6 Å². The maximum absolute atomic E-state index is 13.7. The maximum atomic E-state index is 13.7. The molecular weight excluding hydrogens is 875 g/mol. The minimum atomic E-state index is -1.61. The Kier molecular flexibility index (Phi) is 19.4. The van der Waals surface area contributed by atoms with E-state index < -0.39 is 79.2 Å². The molecule has 3 aromatic carbocycles. The summed E-state index contributed by atoms with van der Waals surface area (Å²) in [5.74, 6) is -5.22.